The fraction of sp³-hybridized carbons (Fsp3) is 0.182. The quantitative estimate of drug-likeness (QED) is 0.460. The monoisotopic (exact) mass is 251 g/mol. The van der Waals surface area contributed by atoms with Gasteiger partial charge in [0.25, 0.3) is 0 Å². The summed E-state index contributed by atoms with van der Waals surface area (Å²) in [6.45, 7) is 0. The van der Waals surface area contributed by atoms with Gasteiger partial charge in [-0.05, 0) is 12.1 Å². The van der Waals surface area contributed by atoms with E-state index in [0.717, 1.165) is 0 Å². The number of rotatable bonds is 2. The summed E-state index contributed by atoms with van der Waals surface area (Å²) < 4.78 is 0. The van der Waals surface area contributed by atoms with Crippen molar-refractivity contribution in [2.45, 2.75) is 0 Å². The Bertz CT molecular complexity index is 474. The van der Waals surface area contributed by atoms with Gasteiger partial charge in [0, 0.05) is 24.7 Å². The van der Waals surface area contributed by atoms with Crippen molar-refractivity contribution in [2.24, 2.45) is 5.16 Å². The molecule has 0 aliphatic carbocycles. The summed E-state index contributed by atoms with van der Waals surface area (Å²) in [6.07, 6.45) is -0.647. The predicted octanol–water partition coefficient (Wildman–Crippen LogP) is 2.27. The molecule has 1 aromatic carbocycles. The van der Waals surface area contributed by atoms with Gasteiger partial charge in [0.1, 0.15) is 6.07 Å². The molecule has 0 bridgehead atoms. The molecule has 0 N–H and O–H groups in total. The highest BCUT2D eigenvalue weighted by Crippen LogP contribution is 2.10. The topological polar surface area (TPSA) is 65.7 Å². The Kier molecular flexibility index (Phi) is 4.49. The lowest BCUT2D eigenvalue weighted by atomic mass is 10.1. The number of oxime groups is 1. The van der Waals surface area contributed by atoms with Crippen LogP contribution in [0.3, 0.4) is 0 Å². The van der Waals surface area contributed by atoms with Gasteiger partial charge >= 0.3 is 6.09 Å². The molecule has 1 amide bonds. The highest BCUT2D eigenvalue weighted by molar-refractivity contribution is 6.30. The molecule has 88 valence electrons. The van der Waals surface area contributed by atoms with E-state index < -0.39 is 6.09 Å². The average molecular weight is 252 g/mol. The molecule has 0 aliphatic heterocycles. The van der Waals surface area contributed by atoms with Crippen LogP contribution in [0.1, 0.15) is 5.56 Å². The molecular formula is C11H10ClN3O2. The molecule has 0 saturated heterocycles. The minimum Gasteiger partial charge on any atom is -0.312 e. The normalized spacial score (nSPS) is 10.6. The first kappa shape index (κ1) is 13.0. The molecule has 0 unspecified atom stereocenters. The molecule has 0 radical (unpaired) electrons. The Morgan fingerprint density at radius 1 is 1.41 bits per heavy atom. The second-order valence-electron chi connectivity index (χ2n) is 3.31. The fourth-order valence-corrected chi connectivity index (χ4v) is 1.04. The molecule has 0 spiro atoms. The van der Waals surface area contributed by atoms with Crippen LogP contribution in [0, 0.1) is 11.3 Å². The van der Waals surface area contributed by atoms with Crippen molar-refractivity contribution < 1.29 is 9.63 Å². The lowest BCUT2D eigenvalue weighted by Gasteiger charge is -2.06. The van der Waals surface area contributed by atoms with E-state index >= 15 is 0 Å². The zero-order valence-corrected chi connectivity index (χ0v) is 10.1. The standard InChI is InChI=1S/C11H10ClN3O2/c1-15(2)11(16)17-14-10(7-13)8-3-5-9(12)6-4-8/h3-6H,1-2H3/b14-10+. The van der Waals surface area contributed by atoms with E-state index in [1.165, 1.54) is 19.0 Å². The number of nitrogens with zero attached hydrogens (tertiary/aromatic N) is 3. The van der Waals surface area contributed by atoms with Gasteiger partial charge < -0.3 is 4.90 Å². The van der Waals surface area contributed by atoms with E-state index in [4.69, 9.17) is 16.9 Å². The zero-order valence-electron chi connectivity index (χ0n) is 9.35. The van der Waals surface area contributed by atoms with E-state index in [0.29, 0.717) is 10.6 Å². The number of carbonyl (C=O) groups is 1. The van der Waals surface area contributed by atoms with Crippen LogP contribution in [-0.2, 0) is 4.84 Å². The molecule has 0 fully saturated rings. The second-order valence-corrected chi connectivity index (χ2v) is 3.75. The maximum Gasteiger partial charge on any atom is 0.435 e. The van der Waals surface area contributed by atoms with Gasteiger partial charge in [0.2, 0.25) is 0 Å². The van der Waals surface area contributed by atoms with Crippen LogP contribution in [0.4, 0.5) is 4.79 Å². The van der Waals surface area contributed by atoms with E-state index in [1.807, 2.05) is 6.07 Å². The van der Waals surface area contributed by atoms with Crippen LogP contribution in [0.25, 0.3) is 0 Å². The summed E-state index contributed by atoms with van der Waals surface area (Å²) in [5.41, 5.74) is 0.542. The summed E-state index contributed by atoms with van der Waals surface area (Å²) in [7, 11) is 3.04. The van der Waals surface area contributed by atoms with Crippen LogP contribution < -0.4 is 0 Å². The van der Waals surface area contributed by atoms with Crippen LogP contribution in [-0.4, -0.2) is 30.8 Å². The Labute approximate surface area is 104 Å². The molecule has 0 saturated carbocycles. The van der Waals surface area contributed by atoms with Crippen molar-refractivity contribution in [2.75, 3.05) is 14.1 Å². The molecule has 17 heavy (non-hydrogen) atoms. The van der Waals surface area contributed by atoms with Crippen molar-refractivity contribution in [1.29, 1.82) is 5.26 Å². The Morgan fingerprint density at radius 2 is 2.00 bits per heavy atom. The van der Waals surface area contributed by atoms with Crippen molar-refractivity contribution >= 4 is 23.4 Å². The smallest absolute Gasteiger partial charge is 0.312 e. The number of halogens is 1. The highest BCUT2D eigenvalue weighted by Gasteiger charge is 2.07. The van der Waals surface area contributed by atoms with E-state index in [2.05, 4.69) is 9.99 Å². The highest BCUT2D eigenvalue weighted by atomic mass is 35.5. The summed E-state index contributed by atoms with van der Waals surface area (Å²) in [6, 6.07) is 8.33. The Morgan fingerprint density at radius 3 is 2.47 bits per heavy atom. The van der Waals surface area contributed by atoms with Gasteiger partial charge in [0.15, 0.2) is 5.71 Å². The van der Waals surface area contributed by atoms with Gasteiger partial charge in [-0.15, -0.1) is 0 Å². The fourth-order valence-electron chi connectivity index (χ4n) is 0.912. The maximum absolute atomic E-state index is 11.1. The maximum atomic E-state index is 11.1. The van der Waals surface area contributed by atoms with Crippen molar-refractivity contribution in [3.05, 3.63) is 34.9 Å². The predicted molar refractivity (Wildman–Crippen MR) is 63.8 cm³/mol. The largest absolute Gasteiger partial charge is 0.435 e. The third-order valence-corrected chi connectivity index (χ3v) is 2.06. The van der Waals surface area contributed by atoms with E-state index in [1.54, 1.807) is 24.3 Å². The zero-order chi connectivity index (χ0) is 12.8. The third kappa shape index (κ3) is 3.78. The van der Waals surface area contributed by atoms with Crippen molar-refractivity contribution in [3.8, 4) is 6.07 Å². The van der Waals surface area contributed by atoms with Gasteiger partial charge in [-0.3, -0.25) is 4.84 Å². The number of nitriles is 1. The summed E-state index contributed by atoms with van der Waals surface area (Å²) in [5.74, 6) is 0. The van der Waals surface area contributed by atoms with Crippen LogP contribution in [0.2, 0.25) is 5.02 Å². The third-order valence-electron chi connectivity index (χ3n) is 1.80. The number of hydrogen-bond donors (Lipinski definition) is 0. The van der Waals surface area contributed by atoms with E-state index in [-0.39, 0.29) is 5.71 Å². The number of hydrogen-bond acceptors (Lipinski definition) is 4. The van der Waals surface area contributed by atoms with Crippen molar-refractivity contribution in [3.63, 3.8) is 0 Å². The molecule has 0 heterocycles. The summed E-state index contributed by atoms with van der Waals surface area (Å²) in [5, 5.41) is 12.9. The molecule has 0 aromatic heterocycles. The van der Waals surface area contributed by atoms with Gasteiger partial charge in [-0.2, -0.15) is 5.26 Å². The first-order chi connectivity index (χ1) is 8.04. The van der Waals surface area contributed by atoms with Gasteiger partial charge in [-0.1, -0.05) is 28.9 Å². The molecule has 1 rings (SSSR count). The summed E-state index contributed by atoms with van der Waals surface area (Å²) in [4.78, 5) is 16.9. The van der Waals surface area contributed by atoms with Gasteiger partial charge in [0.05, 0.1) is 0 Å². The van der Waals surface area contributed by atoms with Crippen molar-refractivity contribution in [1.82, 2.24) is 4.90 Å². The lowest BCUT2D eigenvalue weighted by molar-refractivity contribution is 0.122. The number of amides is 1. The minimum absolute atomic E-state index is 0.0110. The first-order valence-corrected chi connectivity index (χ1v) is 5.04. The van der Waals surface area contributed by atoms with Crippen LogP contribution in [0.15, 0.2) is 29.4 Å². The molecule has 1 aromatic rings. The minimum atomic E-state index is -0.647. The Balaban J connectivity index is 2.86. The molecule has 6 heteroatoms. The Hall–Kier alpha value is -2.06. The SMILES string of the molecule is CN(C)C(=O)O/N=C(\C#N)c1ccc(Cl)cc1. The molecule has 5 nitrogen and oxygen atoms in total. The second kappa shape index (κ2) is 5.87. The average Bonchev–Trinajstić information content (AvgIpc) is 2.31. The van der Waals surface area contributed by atoms with Crippen LogP contribution >= 0.6 is 11.6 Å². The van der Waals surface area contributed by atoms with Crippen LogP contribution in [0.5, 0.6) is 0 Å². The lowest BCUT2D eigenvalue weighted by Crippen LogP contribution is -2.21. The number of benzene rings is 1. The summed E-state index contributed by atoms with van der Waals surface area (Å²) >= 11 is 5.71. The first-order valence-electron chi connectivity index (χ1n) is 4.67. The van der Waals surface area contributed by atoms with E-state index in [9.17, 15) is 4.79 Å². The molecule has 0 aliphatic rings. The number of carbonyl (C=O) groups excluding carboxylic acids is 1. The van der Waals surface area contributed by atoms with Gasteiger partial charge in [-0.25, -0.2) is 4.79 Å². The molecule has 0 atom stereocenters. The molecular weight excluding hydrogens is 242 g/mol.